The van der Waals surface area contributed by atoms with Crippen LogP contribution in [0.15, 0.2) is 78.0 Å². The first kappa shape index (κ1) is 27.4. The van der Waals surface area contributed by atoms with Gasteiger partial charge in [-0.2, -0.15) is 13.2 Å². The Morgan fingerprint density at radius 1 is 1.08 bits per heavy atom. The Labute approximate surface area is 224 Å². The minimum Gasteiger partial charge on any atom is -0.497 e. The summed E-state index contributed by atoms with van der Waals surface area (Å²) in [6.45, 7) is -0.130. The van der Waals surface area contributed by atoms with Crippen molar-refractivity contribution in [1.82, 2.24) is 20.1 Å². The molecule has 4 aromatic rings. The maximum atomic E-state index is 13.0. The number of nitro groups is 1. The molecule has 2 N–H and O–H groups in total. The third-order valence-electron chi connectivity index (χ3n) is 5.38. The zero-order valence-corrected chi connectivity index (χ0v) is 21.1. The van der Waals surface area contributed by atoms with Gasteiger partial charge in [0.15, 0.2) is 11.0 Å². The van der Waals surface area contributed by atoms with Crippen LogP contribution in [0.5, 0.6) is 5.75 Å². The van der Waals surface area contributed by atoms with Gasteiger partial charge in [0.05, 0.1) is 24.1 Å². The number of ether oxygens (including phenoxy) is 1. The molecule has 0 aliphatic rings. The van der Waals surface area contributed by atoms with Crippen molar-refractivity contribution in [3.8, 4) is 11.4 Å². The molecule has 0 aliphatic carbocycles. The number of non-ortho nitro benzene ring substituents is 1. The van der Waals surface area contributed by atoms with Crippen molar-refractivity contribution < 1.29 is 27.6 Å². The number of rotatable bonds is 9. The number of aromatic nitrogens is 3. The molecule has 0 unspecified atom stereocenters. The van der Waals surface area contributed by atoms with Gasteiger partial charge in [-0.1, -0.05) is 30.0 Å². The molecule has 0 fully saturated rings. The van der Waals surface area contributed by atoms with Crippen LogP contribution < -0.4 is 15.4 Å². The van der Waals surface area contributed by atoms with E-state index in [1.54, 1.807) is 11.7 Å². The quantitative estimate of drug-likeness (QED) is 0.151. The number of methoxy groups -OCH3 is 1. The molecule has 14 heteroatoms. The number of anilines is 1. The normalized spacial score (nSPS) is 11.2. The molecule has 0 saturated carbocycles. The lowest BCUT2D eigenvalue weighted by atomic mass is 10.2. The van der Waals surface area contributed by atoms with Crippen molar-refractivity contribution in [3.05, 3.63) is 99.9 Å². The van der Waals surface area contributed by atoms with Crippen LogP contribution in [0, 0.1) is 10.1 Å². The molecule has 1 heterocycles. The molecule has 0 aliphatic heterocycles. The van der Waals surface area contributed by atoms with Crippen LogP contribution in [0.3, 0.4) is 0 Å². The number of benzene rings is 3. The third-order valence-corrected chi connectivity index (χ3v) is 6.38. The van der Waals surface area contributed by atoms with Crippen molar-refractivity contribution in [2.45, 2.75) is 23.6 Å². The van der Waals surface area contributed by atoms with E-state index >= 15 is 0 Å². The molecule has 0 bridgehead atoms. The highest BCUT2D eigenvalue weighted by atomic mass is 32.2. The maximum Gasteiger partial charge on any atom is 0.416 e. The highest BCUT2D eigenvalue weighted by molar-refractivity contribution is 7.98. The average Bonchev–Trinajstić information content (AvgIpc) is 3.33. The molecule has 0 radical (unpaired) electrons. The van der Waals surface area contributed by atoms with E-state index < -0.39 is 22.7 Å². The minimum atomic E-state index is -4.55. The van der Waals surface area contributed by atoms with Gasteiger partial charge in [-0.15, -0.1) is 10.2 Å². The minimum absolute atomic E-state index is 0.0336. The highest BCUT2D eigenvalue weighted by Crippen LogP contribution is 2.31. The van der Waals surface area contributed by atoms with Crippen LogP contribution in [0.4, 0.5) is 29.3 Å². The van der Waals surface area contributed by atoms with Crippen molar-refractivity contribution in [1.29, 1.82) is 0 Å². The lowest BCUT2D eigenvalue weighted by Crippen LogP contribution is -2.29. The van der Waals surface area contributed by atoms with E-state index in [4.69, 9.17) is 4.74 Å². The van der Waals surface area contributed by atoms with Crippen molar-refractivity contribution in [2.24, 2.45) is 0 Å². The van der Waals surface area contributed by atoms with Gasteiger partial charge in [-0.25, -0.2) is 4.79 Å². The number of thioether (sulfide) groups is 1. The number of carbonyl (C=O) groups is 1. The number of nitro benzene ring substituents is 1. The Morgan fingerprint density at radius 2 is 1.82 bits per heavy atom. The summed E-state index contributed by atoms with van der Waals surface area (Å²) < 4.78 is 45.8. The summed E-state index contributed by atoms with van der Waals surface area (Å²) in [6.07, 6.45) is -4.55. The third kappa shape index (κ3) is 7.04. The van der Waals surface area contributed by atoms with E-state index in [2.05, 4.69) is 20.8 Å². The number of urea groups is 1. The lowest BCUT2D eigenvalue weighted by molar-refractivity contribution is -0.384. The van der Waals surface area contributed by atoms with Crippen LogP contribution in [0.1, 0.15) is 17.0 Å². The first-order chi connectivity index (χ1) is 18.6. The molecule has 2 amide bonds. The van der Waals surface area contributed by atoms with Crippen molar-refractivity contribution in [3.63, 3.8) is 0 Å². The molecular weight excluding hydrogens is 537 g/mol. The number of nitrogens with zero attached hydrogens (tertiary/aromatic N) is 4. The van der Waals surface area contributed by atoms with Gasteiger partial charge in [0.1, 0.15) is 5.75 Å². The Balaban J connectivity index is 1.53. The summed E-state index contributed by atoms with van der Waals surface area (Å²) in [7, 11) is 1.57. The Kier molecular flexibility index (Phi) is 8.34. The van der Waals surface area contributed by atoms with Crippen molar-refractivity contribution in [2.75, 3.05) is 12.4 Å². The molecule has 39 heavy (non-hydrogen) atoms. The zero-order chi connectivity index (χ0) is 28.0. The predicted octanol–water partition coefficient (Wildman–Crippen LogP) is 5.82. The molecule has 10 nitrogen and oxygen atoms in total. The van der Waals surface area contributed by atoms with E-state index in [0.717, 1.165) is 17.7 Å². The second-order valence-corrected chi connectivity index (χ2v) is 8.98. The average molecular weight is 559 g/mol. The predicted molar refractivity (Wildman–Crippen MR) is 138 cm³/mol. The molecule has 3 aromatic carbocycles. The van der Waals surface area contributed by atoms with Gasteiger partial charge in [-0.05, 0) is 48.0 Å². The second kappa shape index (κ2) is 11.9. The van der Waals surface area contributed by atoms with Gasteiger partial charge in [0, 0.05) is 29.3 Å². The second-order valence-electron chi connectivity index (χ2n) is 8.03. The number of nitrogens with one attached hydrogen (secondary N) is 2. The Bertz CT molecular complexity index is 1480. The monoisotopic (exact) mass is 558 g/mol. The van der Waals surface area contributed by atoms with E-state index in [-0.39, 0.29) is 17.9 Å². The Morgan fingerprint density at radius 3 is 2.51 bits per heavy atom. The van der Waals surface area contributed by atoms with Gasteiger partial charge in [0.25, 0.3) is 5.69 Å². The van der Waals surface area contributed by atoms with Crippen LogP contribution in [-0.2, 0) is 18.5 Å². The van der Waals surface area contributed by atoms with E-state index in [9.17, 15) is 28.1 Å². The summed E-state index contributed by atoms with van der Waals surface area (Å²) in [5, 5.41) is 24.9. The Hall–Kier alpha value is -4.59. The highest BCUT2D eigenvalue weighted by Gasteiger charge is 2.30. The molecule has 4 rings (SSSR count). The van der Waals surface area contributed by atoms with Crippen LogP contribution >= 0.6 is 11.8 Å². The van der Waals surface area contributed by atoms with E-state index in [1.165, 1.54) is 48.2 Å². The summed E-state index contributed by atoms with van der Waals surface area (Å²) in [5.41, 5.74) is 0.453. The van der Waals surface area contributed by atoms with Crippen molar-refractivity contribution >= 4 is 29.2 Å². The SMILES string of the molecule is COc1cccc(CSc2nnc(CNC(=O)Nc3cccc(C(F)(F)F)c3)n2-c2ccc([N+](=O)[O-])cc2)c1. The van der Waals surface area contributed by atoms with E-state index in [0.29, 0.717) is 28.2 Å². The molecule has 1 aromatic heterocycles. The fraction of sp³-hybridized carbons (Fsp3) is 0.160. The number of alkyl halides is 3. The molecular formula is C25H21F3N6O4S. The van der Waals surface area contributed by atoms with Crippen LogP contribution in [0.2, 0.25) is 0 Å². The van der Waals surface area contributed by atoms with Crippen LogP contribution in [-0.4, -0.2) is 32.8 Å². The first-order valence-corrected chi connectivity index (χ1v) is 12.3. The lowest BCUT2D eigenvalue weighted by Gasteiger charge is -2.12. The number of carbonyl (C=O) groups excluding carboxylic acids is 1. The summed E-state index contributed by atoms with van der Waals surface area (Å²) in [4.78, 5) is 23.0. The van der Waals surface area contributed by atoms with Gasteiger partial charge in [-0.3, -0.25) is 14.7 Å². The molecule has 0 saturated heterocycles. The van der Waals surface area contributed by atoms with Gasteiger partial charge in [0.2, 0.25) is 0 Å². The number of amides is 2. The summed E-state index contributed by atoms with van der Waals surface area (Å²) in [5.74, 6) is 1.50. The zero-order valence-electron chi connectivity index (χ0n) is 20.3. The molecule has 0 atom stereocenters. The number of hydrogen-bond donors (Lipinski definition) is 2. The fourth-order valence-electron chi connectivity index (χ4n) is 3.51. The van der Waals surface area contributed by atoms with E-state index in [1.807, 2.05) is 24.3 Å². The number of hydrogen-bond acceptors (Lipinski definition) is 7. The molecule has 202 valence electrons. The topological polar surface area (TPSA) is 124 Å². The van der Waals surface area contributed by atoms with Gasteiger partial charge >= 0.3 is 12.2 Å². The van der Waals surface area contributed by atoms with Crippen LogP contribution in [0.25, 0.3) is 5.69 Å². The smallest absolute Gasteiger partial charge is 0.416 e. The van der Waals surface area contributed by atoms with Gasteiger partial charge < -0.3 is 15.4 Å². The maximum absolute atomic E-state index is 13.0. The molecule has 0 spiro atoms. The summed E-state index contributed by atoms with van der Waals surface area (Å²) >= 11 is 1.35. The largest absolute Gasteiger partial charge is 0.497 e. The standard InChI is InChI=1S/C25H21F3N6O4S/c1-38-21-7-2-4-16(12-21)15-39-24-32-31-22(33(24)19-8-10-20(11-9-19)34(36)37)14-29-23(35)30-18-6-3-5-17(13-18)25(26,27)28/h2-13H,14-15H2,1H3,(H2,29,30,35). The summed E-state index contributed by atoms with van der Waals surface area (Å²) in [6, 6.07) is 16.7. The number of halogens is 3. The first-order valence-electron chi connectivity index (χ1n) is 11.3. The fourth-order valence-corrected chi connectivity index (χ4v) is 4.42.